The van der Waals surface area contributed by atoms with Crippen LogP contribution in [0.1, 0.15) is 38.5 Å². The standard InChI is InChI=1S/C5H12/c1-3-5-4-2/h3-5H2,1-2H3/i1D2,2D2. The topological polar surface area (TPSA) is 0 Å². The van der Waals surface area contributed by atoms with Crippen LogP contribution in [0.2, 0.25) is 0 Å². The first-order chi connectivity index (χ1) is 4.13. The van der Waals surface area contributed by atoms with Gasteiger partial charge >= 0.3 is 0 Å². The molecule has 0 rings (SSSR count). The van der Waals surface area contributed by atoms with Gasteiger partial charge in [0, 0.05) is 5.48 Å². The molecule has 0 aliphatic rings. The molecule has 0 aliphatic carbocycles. The minimum absolute atomic E-state index is 0.494. The highest BCUT2D eigenvalue weighted by Crippen LogP contribution is 1.88. The molecule has 0 heteroatoms. The predicted octanol–water partition coefficient (Wildman–Crippen LogP) is 2.20. The lowest BCUT2D eigenvalue weighted by Gasteiger charge is -1.79. The lowest BCUT2D eigenvalue weighted by Crippen LogP contribution is -1.59. The molecule has 0 unspecified atom stereocenters. The predicted molar refractivity (Wildman–Crippen MR) is 25.2 cm³/mol. The van der Waals surface area contributed by atoms with Gasteiger partial charge in [-0.1, -0.05) is 33.0 Å². The smallest absolute Gasteiger partial charge is 0.0230 e. The van der Waals surface area contributed by atoms with Gasteiger partial charge in [0.25, 0.3) is 0 Å². The van der Waals surface area contributed by atoms with E-state index in [1.807, 2.05) is 0 Å². The molecule has 0 aromatic rings. The van der Waals surface area contributed by atoms with Crippen molar-refractivity contribution in [3.05, 3.63) is 0 Å². The molecule has 0 N–H and O–H groups in total. The van der Waals surface area contributed by atoms with Crippen molar-refractivity contribution in [1.82, 2.24) is 0 Å². The molecule has 0 aromatic heterocycles. The van der Waals surface area contributed by atoms with Crippen LogP contribution in [0.15, 0.2) is 0 Å². The first-order valence-electron chi connectivity index (χ1n) is 4.13. The third-order valence-corrected chi connectivity index (χ3v) is 0.408. The summed E-state index contributed by atoms with van der Waals surface area (Å²) < 4.78 is 27.1. The molecule has 0 amide bonds. The molecule has 0 saturated carbocycles. The molecule has 0 nitrogen and oxygen atoms in total. The Hall–Kier alpha value is 0. The fraction of sp³-hybridized carbons (Fsp3) is 1.00. The molecule has 0 heterocycles. The maximum Gasteiger partial charge on any atom is 0.0230 e. The maximum absolute atomic E-state index is 6.77. The summed E-state index contributed by atoms with van der Waals surface area (Å²) in [4.78, 5) is 0. The Morgan fingerprint density at radius 2 is 2.00 bits per heavy atom. The third kappa shape index (κ3) is 4.00. The van der Waals surface area contributed by atoms with E-state index in [1.165, 1.54) is 0 Å². The molecule has 32 valence electrons. The van der Waals surface area contributed by atoms with Gasteiger partial charge < -0.3 is 0 Å². The Kier molecular flexibility index (Phi) is 1.00. The van der Waals surface area contributed by atoms with E-state index >= 15 is 0 Å². The molecule has 0 aromatic carbocycles. The van der Waals surface area contributed by atoms with Crippen molar-refractivity contribution in [2.45, 2.75) is 33.0 Å². The van der Waals surface area contributed by atoms with E-state index in [0.29, 0.717) is 19.3 Å². The van der Waals surface area contributed by atoms with Gasteiger partial charge in [0.2, 0.25) is 0 Å². The second-order valence-corrected chi connectivity index (χ2v) is 0.931. The molecule has 0 spiro atoms. The monoisotopic (exact) mass is 76.1 g/mol. The minimum atomic E-state index is -0.774. The zero-order valence-corrected chi connectivity index (χ0v) is 3.28. The summed E-state index contributed by atoms with van der Waals surface area (Å²) in [6, 6.07) is 0. The van der Waals surface area contributed by atoms with Crippen LogP contribution in [0.5, 0.6) is 0 Å². The number of rotatable bonds is 2. The van der Waals surface area contributed by atoms with Gasteiger partial charge in [0.1, 0.15) is 0 Å². The van der Waals surface area contributed by atoms with Crippen LogP contribution in [0.4, 0.5) is 0 Å². The van der Waals surface area contributed by atoms with Crippen LogP contribution in [0, 0.1) is 0 Å². The second kappa shape index (κ2) is 4.00. The Bertz CT molecular complexity index is 54.0. The maximum atomic E-state index is 6.77. The minimum Gasteiger partial charge on any atom is -0.0654 e. The van der Waals surface area contributed by atoms with Crippen LogP contribution >= 0.6 is 0 Å². The third-order valence-electron chi connectivity index (χ3n) is 0.408. The molecule has 0 atom stereocenters. The average Bonchev–Trinajstić information content (AvgIpc) is 1.63. The fourth-order valence-corrected chi connectivity index (χ4v) is 0.118. The molecule has 0 fully saturated rings. The van der Waals surface area contributed by atoms with E-state index in [4.69, 9.17) is 5.48 Å². The summed E-state index contributed by atoms with van der Waals surface area (Å²) in [6.07, 6.45) is 1.65. The number of hydrogen-bond donors (Lipinski definition) is 0. The highest BCUT2D eigenvalue weighted by atomic mass is 13.7. The largest absolute Gasteiger partial charge is 0.0654 e. The first-order valence-corrected chi connectivity index (χ1v) is 1.82. The summed E-state index contributed by atoms with van der Waals surface area (Å²) >= 11 is 0. The molecule has 5 heavy (non-hydrogen) atoms. The van der Waals surface area contributed by atoms with Gasteiger partial charge in [-0.05, 0) is 0 Å². The summed E-state index contributed by atoms with van der Waals surface area (Å²) in [5.74, 6) is 0. The second-order valence-electron chi connectivity index (χ2n) is 0.931. The quantitative estimate of drug-likeness (QED) is 0.473. The van der Waals surface area contributed by atoms with Crippen LogP contribution in [-0.4, -0.2) is 0 Å². The lowest BCUT2D eigenvalue weighted by atomic mass is 10.3. The molecule has 0 saturated heterocycles. The van der Waals surface area contributed by atoms with E-state index in [9.17, 15) is 0 Å². The van der Waals surface area contributed by atoms with Crippen molar-refractivity contribution in [2.75, 3.05) is 0 Å². The van der Waals surface area contributed by atoms with E-state index in [1.54, 1.807) is 0 Å². The zero-order valence-electron chi connectivity index (χ0n) is 7.28. The molecular formula is C5H12. The Labute approximate surface area is 39.8 Å². The molecule has 0 bridgehead atoms. The fourth-order valence-electron chi connectivity index (χ4n) is 0.118. The highest BCUT2D eigenvalue weighted by molar-refractivity contribution is 4.24. The van der Waals surface area contributed by atoms with Gasteiger partial charge in [-0.2, -0.15) is 0 Å². The van der Waals surface area contributed by atoms with Gasteiger partial charge in [-0.15, -0.1) is 0 Å². The van der Waals surface area contributed by atoms with Crippen LogP contribution in [0.3, 0.4) is 0 Å². The molecule has 0 aliphatic heterocycles. The van der Waals surface area contributed by atoms with Gasteiger partial charge in [0.05, 0.1) is 0 Å². The highest BCUT2D eigenvalue weighted by Gasteiger charge is 1.68. The van der Waals surface area contributed by atoms with Crippen LogP contribution < -0.4 is 0 Å². The van der Waals surface area contributed by atoms with Gasteiger partial charge in [-0.25, -0.2) is 0 Å². The van der Waals surface area contributed by atoms with Crippen LogP contribution in [-0.2, 0) is 0 Å². The zero-order chi connectivity index (χ0) is 7.28. The number of hydrogen-bond acceptors (Lipinski definition) is 0. The summed E-state index contributed by atoms with van der Waals surface area (Å²) in [5.41, 5.74) is 0. The SMILES string of the molecule is [2H]C([2H])CCCC([2H])[2H]. The average molecular weight is 76.2 g/mol. The summed E-state index contributed by atoms with van der Waals surface area (Å²) in [7, 11) is 0. The van der Waals surface area contributed by atoms with Gasteiger partial charge in [0.15, 0.2) is 0 Å². The van der Waals surface area contributed by atoms with E-state index < -0.39 is 13.8 Å². The normalized spacial score (nSPS) is 21.2. The summed E-state index contributed by atoms with van der Waals surface area (Å²) in [5, 5.41) is 0. The lowest BCUT2D eigenvalue weighted by molar-refractivity contribution is 0.772. The van der Waals surface area contributed by atoms with Crippen molar-refractivity contribution in [2.24, 2.45) is 0 Å². The van der Waals surface area contributed by atoms with E-state index in [-0.39, 0.29) is 0 Å². The van der Waals surface area contributed by atoms with Crippen molar-refractivity contribution in [1.29, 1.82) is 0 Å². The van der Waals surface area contributed by atoms with Crippen molar-refractivity contribution in [3.63, 3.8) is 0 Å². The van der Waals surface area contributed by atoms with Crippen molar-refractivity contribution >= 4 is 0 Å². The molecule has 0 radical (unpaired) electrons. The van der Waals surface area contributed by atoms with E-state index in [2.05, 4.69) is 0 Å². The molecular weight excluding hydrogens is 60.1 g/mol. The summed E-state index contributed by atoms with van der Waals surface area (Å²) in [6.45, 7) is -1.55. The Balaban J connectivity index is 2.91. The first kappa shape index (κ1) is 1.25. The van der Waals surface area contributed by atoms with E-state index in [0.717, 1.165) is 0 Å². The van der Waals surface area contributed by atoms with Crippen molar-refractivity contribution in [3.8, 4) is 0 Å². The Morgan fingerprint density at radius 1 is 1.40 bits per heavy atom. The van der Waals surface area contributed by atoms with Crippen LogP contribution in [0.25, 0.3) is 0 Å². The van der Waals surface area contributed by atoms with Gasteiger partial charge in [-0.3, -0.25) is 0 Å². The van der Waals surface area contributed by atoms with Crippen molar-refractivity contribution < 1.29 is 5.48 Å². The Morgan fingerprint density at radius 3 is 2.40 bits per heavy atom.